The molecule has 0 bridgehead atoms. The minimum Gasteiger partial charge on any atom is -0.271 e. The Labute approximate surface area is 86.9 Å². The van der Waals surface area contributed by atoms with Crippen molar-refractivity contribution in [3.63, 3.8) is 0 Å². The van der Waals surface area contributed by atoms with Crippen molar-refractivity contribution in [1.82, 2.24) is 9.78 Å². The number of halogens is 1. The Morgan fingerprint density at radius 2 is 2.33 bits per heavy atom. The minimum atomic E-state index is 0.203. The molecule has 1 aromatic heterocycles. The highest BCUT2D eigenvalue weighted by Crippen LogP contribution is 2.19. The molecule has 1 rings (SSSR count). The van der Waals surface area contributed by atoms with Gasteiger partial charge >= 0.3 is 0 Å². The molecule has 0 spiro atoms. The lowest BCUT2D eigenvalue weighted by atomic mass is 9.97. The molecule has 0 saturated heterocycles. The summed E-state index contributed by atoms with van der Waals surface area (Å²) < 4.78 is 2.96. The van der Waals surface area contributed by atoms with Crippen LogP contribution in [0.25, 0.3) is 0 Å². The van der Waals surface area contributed by atoms with E-state index in [0.717, 1.165) is 16.8 Å². The highest BCUT2D eigenvalue weighted by molar-refractivity contribution is 9.10. The van der Waals surface area contributed by atoms with E-state index in [-0.39, 0.29) is 5.41 Å². The zero-order chi connectivity index (χ0) is 9.19. The first-order valence-electron chi connectivity index (χ1n) is 3.82. The van der Waals surface area contributed by atoms with Crippen molar-refractivity contribution in [1.29, 1.82) is 0 Å². The molecule has 68 valence electrons. The predicted molar refractivity (Wildman–Crippen MR) is 57.6 cm³/mol. The summed E-state index contributed by atoms with van der Waals surface area (Å²) in [5.41, 5.74) is 0.203. The van der Waals surface area contributed by atoms with Gasteiger partial charge in [0.2, 0.25) is 0 Å². The van der Waals surface area contributed by atoms with Crippen molar-refractivity contribution < 1.29 is 0 Å². The molecule has 0 saturated carbocycles. The Kier molecular flexibility index (Phi) is 3.23. The molecule has 0 N–H and O–H groups in total. The van der Waals surface area contributed by atoms with Gasteiger partial charge in [-0.15, -0.1) is 0 Å². The molecule has 4 heteroatoms. The third-order valence-corrected chi connectivity index (χ3v) is 2.89. The summed E-state index contributed by atoms with van der Waals surface area (Å²) in [6.07, 6.45) is 3.78. The van der Waals surface area contributed by atoms with Crippen LogP contribution in [0.1, 0.15) is 13.8 Å². The molecule has 0 amide bonds. The van der Waals surface area contributed by atoms with Gasteiger partial charge in [-0.1, -0.05) is 13.8 Å². The van der Waals surface area contributed by atoms with Crippen molar-refractivity contribution >= 4 is 28.6 Å². The molecule has 0 unspecified atom stereocenters. The maximum Gasteiger partial charge on any atom is 0.0632 e. The summed E-state index contributed by atoms with van der Waals surface area (Å²) in [6, 6.07) is 0. The topological polar surface area (TPSA) is 17.8 Å². The second-order valence-corrected chi connectivity index (χ2v) is 4.91. The van der Waals surface area contributed by atoms with Crippen LogP contribution < -0.4 is 0 Å². The van der Waals surface area contributed by atoms with E-state index in [9.17, 15) is 0 Å². The molecule has 2 nitrogen and oxygen atoms in total. The molecule has 1 aromatic rings. The highest BCUT2D eigenvalue weighted by atomic mass is 79.9. The lowest BCUT2D eigenvalue weighted by molar-refractivity contribution is 0.334. The van der Waals surface area contributed by atoms with Crippen molar-refractivity contribution in [2.24, 2.45) is 5.41 Å². The van der Waals surface area contributed by atoms with Gasteiger partial charge in [0.25, 0.3) is 0 Å². The average Bonchev–Trinajstić information content (AvgIpc) is 2.35. The Morgan fingerprint density at radius 3 is 2.75 bits per heavy atom. The normalized spacial score (nSPS) is 12.0. The van der Waals surface area contributed by atoms with Crippen LogP contribution in [0.15, 0.2) is 16.9 Å². The summed E-state index contributed by atoms with van der Waals surface area (Å²) in [5.74, 6) is 0.866. The lowest BCUT2D eigenvalue weighted by Gasteiger charge is -2.21. The van der Waals surface area contributed by atoms with Gasteiger partial charge in [0, 0.05) is 12.7 Å². The Balaban J connectivity index is 2.63. The number of nitrogens with zero attached hydrogens (tertiary/aromatic N) is 2. The molecule has 0 aliphatic heterocycles. The van der Waals surface area contributed by atoms with Crippen molar-refractivity contribution in [2.75, 3.05) is 5.75 Å². The van der Waals surface area contributed by atoms with Crippen LogP contribution in [-0.2, 0) is 6.54 Å². The van der Waals surface area contributed by atoms with Gasteiger partial charge in [0.1, 0.15) is 0 Å². The molecule has 0 aliphatic carbocycles. The Morgan fingerprint density at radius 1 is 1.67 bits per heavy atom. The molecule has 0 radical (unpaired) electrons. The fraction of sp³-hybridized carbons (Fsp3) is 0.625. The fourth-order valence-corrected chi connectivity index (χ4v) is 1.34. The summed E-state index contributed by atoms with van der Waals surface area (Å²) in [4.78, 5) is 0. The molecule has 1 heterocycles. The second kappa shape index (κ2) is 3.83. The highest BCUT2D eigenvalue weighted by Gasteiger charge is 2.16. The van der Waals surface area contributed by atoms with Gasteiger partial charge in [0.15, 0.2) is 0 Å². The monoisotopic (exact) mass is 248 g/mol. The fourth-order valence-electron chi connectivity index (χ4n) is 0.913. The number of hydrogen-bond acceptors (Lipinski definition) is 2. The SMILES string of the molecule is CC(C)(CS)Cn1cc(Br)cn1. The molecular formula is C8H13BrN2S. The predicted octanol–water partition coefficient (Wildman–Crippen LogP) is 2.60. The van der Waals surface area contributed by atoms with Gasteiger partial charge in [-0.2, -0.15) is 17.7 Å². The van der Waals surface area contributed by atoms with Crippen molar-refractivity contribution in [3.05, 3.63) is 16.9 Å². The summed E-state index contributed by atoms with van der Waals surface area (Å²) >= 11 is 7.64. The van der Waals surface area contributed by atoms with E-state index >= 15 is 0 Å². The summed E-state index contributed by atoms with van der Waals surface area (Å²) in [5, 5.41) is 4.18. The molecular weight excluding hydrogens is 236 g/mol. The third kappa shape index (κ3) is 2.83. The van der Waals surface area contributed by atoms with E-state index in [1.165, 1.54) is 0 Å². The van der Waals surface area contributed by atoms with Gasteiger partial charge in [0.05, 0.1) is 10.7 Å². The van der Waals surface area contributed by atoms with Crippen LogP contribution in [-0.4, -0.2) is 15.5 Å². The summed E-state index contributed by atoms with van der Waals surface area (Å²) in [6.45, 7) is 5.26. The molecule has 0 fully saturated rings. The molecule has 0 aliphatic rings. The molecule has 0 atom stereocenters. The van der Waals surface area contributed by atoms with Crippen LogP contribution in [0.4, 0.5) is 0 Å². The van der Waals surface area contributed by atoms with Gasteiger partial charge in [-0.05, 0) is 27.1 Å². The number of rotatable bonds is 3. The largest absolute Gasteiger partial charge is 0.271 e. The number of thiol groups is 1. The first kappa shape index (κ1) is 10.1. The first-order chi connectivity index (χ1) is 5.53. The van der Waals surface area contributed by atoms with E-state index in [2.05, 4.69) is 47.5 Å². The average molecular weight is 249 g/mol. The summed E-state index contributed by atoms with van der Waals surface area (Å²) in [7, 11) is 0. The van der Waals surface area contributed by atoms with Gasteiger partial charge in [-0.25, -0.2) is 0 Å². The zero-order valence-electron chi connectivity index (χ0n) is 7.29. The van der Waals surface area contributed by atoms with Crippen molar-refractivity contribution in [2.45, 2.75) is 20.4 Å². The van der Waals surface area contributed by atoms with E-state index in [0.29, 0.717) is 0 Å². The van der Waals surface area contributed by atoms with E-state index in [4.69, 9.17) is 0 Å². The maximum atomic E-state index is 4.29. The van der Waals surface area contributed by atoms with E-state index < -0.39 is 0 Å². The zero-order valence-corrected chi connectivity index (χ0v) is 9.77. The smallest absolute Gasteiger partial charge is 0.0632 e. The van der Waals surface area contributed by atoms with E-state index in [1.807, 2.05) is 10.9 Å². The lowest BCUT2D eigenvalue weighted by Crippen LogP contribution is -2.21. The molecule has 0 aromatic carbocycles. The quantitative estimate of drug-likeness (QED) is 0.815. The first-order valence-corrected chi connectivity index (χ1v) is 5.25. The minimum absolute atomic E-state index is 0.203. The van der Waals surface area contributed by atoms with Crippen LogP contribution in [0.5, 0.6) is 0 Å². The standard InChI is InChI=1S/C8H13BrN2S/c1-8(2,6-12)5-11-4-7(9)3-10-11/h3-4,12H,5-6H2,1-2H3. The van der Waals surface area contributed by atoms with Gasteiger partial charge in [-0.3, -0.25) is 4.68 Å². The third-order valence-electron chi connectivity index (χ3n) is 1.62. The molecule has 12 heavy (non-hydrogen) atoms. The van der Waals surface area contributed by atoms with E-state index in [1.54, 1.807) is 6.20 Å². The second-order valence-electron chi connectivity index (χ2n) is 3.68. The number of aromatic nitrogens is 2. The van der Waals surface area contributed by atoms with Crippen LogP contribution in [0, 0.1) is 5.41 Å². The van der Waals surface area contributed by atoms with Crippen LogP contribution in [0.3, 0.4) is 0 Å². The maximum absolute atomic E-state index is 4.29. The van der Waals surface area contributed by atoms with Gasteiger partial charge < -0.3 is 0 Å². The van der Waals surface area contributed by atoms with Crippen LogP contribution in [0.2, 0.25) is 0 Å². The number of hydrogen-bond donors (Lipinski definition) is 1. The Bertz CT molecular complexity index is 257. The Hall–Kier alpha value is 0.0400. The van der Waals surface area contributed by atoms with Crippen molar-refractivity contribution in [3.8, 4) is 0 Å². The van der Waals surface area contributed by atoms with Crippen LogP contribution >= 0.6 is 28.6 Å².